The maximum atomic E-state index is 12.8. The molecule has 0 saturated heterocycles. The van der Waals surface area contributed by atoms with Crippen LogP contribution in [0.1, 0.15) is 45.9 Å². The summed E-state index contributed by atoms with van der Waals surface area (Å²) in [5, 5.41) is 11.8. The largest absolute Gasteiger partial charge is 0.496 e. The highest BCUT2D eigenvalue weighted by atomic mass is 32.2. The second-order valence-corrected chi connectivity index (χ2v) is 13.4. The highest BCUT2D eigenvalue weighted by Crippen LogP contribution is 2.39. The number of methoxy groups -OCH3 is 2. The summed E-state index contributed by atoms with van der Waals surface area (Å²) in [6.07, 6.45) is 5.55. The number of amides is 1. The molecule has 0 aliphatic heterocycles. The molecule has 8 nitrogen and oxygen atoms in total. The van der Waals surface area contributed by atoms with Crippen LogP contribution in [0, 0.1) is 25.7 Å². The highest BCUT2D eigenvalue weighted by molar-refractivity contribution is 7.90. The number of carbonyl (C=O) groups is 1. The van der Waals surface area contributed by atoms with Gasteiger partial charge in [0.15, 0.2) is 0 Å². The minimum absolute atomic E-state index is 0.0844. The Morgan fingerprint density at radius 1 is 0.977 bits per heavy atom. The van der Waals surface area contributed by atoms with E-state index < -0.39 is 22.0 Å². The molecule has 4 aromatic rings. The van der Waals surface area contributed by atoms with Crippen LogP contribution in [0.25, 0.3) is 0 Å². The summed E-state index contributed by atoms with van der Waals surface area (Å²) in [5.74, 6) is 0.932. The number of aliphatic hydroxyl groups excluding tert-OH is 1. The van der Waals surface area contributed by atoms with Gasteiger partial charge in [0.05, 0.1) is 31.6 Å². The van der Waals surface area contributed by atoms with E-state index >= 15 is 0 Å². The predicted octanol–water partition coefficient (Wildman–Crippen LogP) is 5.32. The highest BCUT2D eigenvalue weighted by Gasteiger charge is 2.30. The zero-order valence-corrected chi connectivity index (χ0v) is 26.4. The third kappa shape index (κ3) is 7.00. The molecule has 0 unspecified atom stereocenters. The van der Waals surface area contributed by atoms with Crippen LogP contribution >= 0.6 is 0 Å². The lowest BCUT2D eigenvalue weighted by molar-refractivity contribution is -0.118. The van der Waals surface area contributed by atoms with Gasteiger partial charge in [0.2, 0.25) is 5.91 Å². The number of rotatable bonds is 12. The molecule has 1 amide bonds. The molecule has 0 radical (unpaired) electrons. The summed E-state index contributed by atoms with van der Waals surface area (Å²) in [6, 6.07) is 20.6. The minimum atomic E-state index is -3.98. The second-order valence-electron chi connectivity index (χ2n) is 11.7. The lowest BCUT2D eigenvalue weighted by Gasteiger charge is -2.27. The Bertz CT molecular complexity index is 1700. The Balaban J connectivity index is 1.34. The van der Waals surface area contributed by atoms with Gasteiger partial charge in [-0.2, -0.15) is 0 Å². The molecule has 1 aliphatic rings. The van der Waals surface area contributed by atoms with E-state index in [0.29, 0.717) is 35.1 Å². The van der Waals surface area contributed by atoms with Crippen molar-refractivity contribution in [3.8, 4) is 11.5 Å². The standard InChI is InChI=1S/C35H40N2O6S/c1-23-9-5-8-12-33(23)44(40,41)36-34(38)18-25-13-14-37(21-25)22-30(17-26-15-27-10-6-7-11-28(27)16-26)35(39)29-19-31(42-3)24(2)32(20-29)43-4/h5-14,19-21,26,30,35,39H,15-18,22H2,1-4H3,(H,36,38)/t30-,35-/m1/s1. The molecule has 2 N–H and O–H groups in total. The van der Waals surface area contributed by atoms with Gasteiger partial charge in [0, 0.05) is 30.4 Å². The number of nitrogens with one attached hydrogen (secondary N) is 1. The SMILES string of the molecule is COc1cc([C@@H](O)[C@H](CC2Cc3ccccc3C2)Cn2ccc(CC(=O)NS(=O)(=O)c3ccccc3C)c2)cc(OC)c1C. The first kappa shape index (κ1) is 31.3. The molecule has 3 aromatic carbocycles. The molecular formula is C35H40N2O6S. The summed E-state index contributed by atoms with van der Waals surface area (Å²) in [7, 11) is -0.763. The van der Waals surface area contributed by atoms with Crippen LogP contribution < -0.4 is 14.2 Å². The molecule has 0 saturated carbocycles. The third-order valence-electron chi connectivity index (χ3n) is 8.59. The van der Waals surface area contributed by atoms with Gasteiger partial charge in [-0.3, -0.25) is 4.79 Å². The number of aromatic nitrogens is 1. The smallest absolute Gasteiger partial charge is 0.264 e. The fourth-order valence-electron chi connectivity index (χ4n) is 6.36. The fraction of sp³-hybridized carbons (Fsp3) is 0.343. The van der Waals surface area contributed by atoms with Gasteiger partial charge in [0.1, 0.15) is 11.5 Å². The Hall–Kier alpha value is -4.08. The van der Waals surface area contributed by atoms with Crippen molar-refractivity contribution in [2.24, 2.45) is 11.8 Å². The van der Waals surface area contributed by atoms with Crippen molar-refractivity contribution in [2.45, 2.75) is 57.1 Å². The van der Waals surface area contributed by atoms with Gasteiger partial charge in [-0.25, -0.2) is 13.1 Å². The van der Waals surface area contributed by atoms with Gasteiger partial charge in [-0.05, 0) is 91.1 Å². The molecule has 1 aromatic heterocycles. The van der Waals surface area contributed by atoms with Crippen molar-refractivity contribution in [2.75, 3.05) is 14.2 Å². The topological polar surface area (TPSA) is 107 Å². The molecule has 9 heteroatoms. The van der Waals surface area contributed by atoms with Crippen LogP contribution in [0.4, 0.5) is 0 Å². The average molecular weight is 617 g/mol. The number of ether oxygens (including phenoxy) is 2. The summed E-state index contributed by atoms with van der Waals surface area (Å²) < 4.78 is 40.9. The number of sulfonamides is 1. The number of aryl methyl sites for hydroxylation is 1. The minimum Gasteiger partial charge on any atom is -0.496 e. The number of carbonyl (C=O) groups excluding carboxylic acids is 1. The van der Waals surface area contributed by atoms with Crippen LogP contribution in [-0.4, -0.2) is 38.2 Å². The van der Waals surface area contributed by atoms with Crippen LogP contribution in [0.15, 0.2) is 84.0 Å². The molecule has 1 aliphatic carbocycles. The number of fused-ring (bicyclic) bond motifs is 1. The molecule has 5 rings (SSSR count). The Labute approximate surface area is 259 Å². The first-order chi connectivity index (χ1) is 21.1. The molecule has 1 heterocycles. The molecule has 2 atom stereocenters. The van der Waals surface area contributed by atoms with Gasteiger partial charge < -0.3 is 19.1 Å². The van der Waals surface area contributed by atoms with E-state index in [9.17, 15) is 18.3 Å². The van der Waals surface area contributed by atoms with Crippen LogP contribution in [0.3, 0.4) is 0 Å². The third-order valence-corrected chi connectivity index (χ3v) is 10.1. The van der Waals surface area contributed by atoms with E-state index in [1.165, 1.54) is 17.2 Å². The van der Waals surface area contributed by atoms with Crippen LogP contribution in [0.5, 0.6) is 11.5 Å². The molecule has 0 fully saturated rings. The Kier molecular flexibility index (Phi) is 9.46. The van der Waals surface area contributed by atoms with Crippen molar-refractivity contribution in [3.05, 3.63) is 113 Å². The maximum Gasteiger partial charge on any atom is 0.264 e. The monoisotopic (exact) mass is 616 g/mol. The van der Waals surface area contributed by atoms with Crippen molar-refractivity contribution in [3.63, 3.8) is 0 Å². The molecule has 0 spiro atoms. The van der Waals surface area contributed by atoms with E-state index in [-0.39, 0.29) is 17.2 Å². The predicted molar refractivity (Wildman–Crippen MR) is 169 cm³/mol. The summed E-state index contributed by atoms with van der Waals surface area (Å²) >= 11 is 0. The van der Waals surface area contributed by atoms with Crippen LogP contribution in [0.2, 0.25) is 0 Å². The van der Waals surface area contributed by atoms with Crippen molar-refractivity contribution >= 4 is 15.9 Å². The second kappa shape index (κ2) is 13.3. The van der Waals surface area contributed by atoms with Gasteiger partial charge >= 0.3 is 0 Å². The zero-order chi connectivity index (χ0) is 31.4. The number of nitrogens with zero attached hydrogens (tertiary/aromatic N) is 1. The lowest BCUT2D eigenvalue weighted by atomic mass is 9.85. The first-order valence-electron chi connectivity index (χ1n) is 14.8. The van der Waals surface area contributed by atoms with Crippen molar-refractivity contribution < 1.29 is 27.8 Å². The van der Waals surface area contributed by atoms with Gasteiger partial charge in [-0.15, -0.1) is 0 Å². The van der Waals surface area contributed by atoms with E-state index in [1.807, 2.05) is 42.1 Å². The van der Waals surface area contributed by atoms with Crippen LogP contribution in [-0.2, 0) is 40.6 Å². The quantitative estimate of drug-likeness (QED) is 0.223. The van der Waals surface area contributed by atoms with Crippen molar-refractivity contribution in [1.29, 1.82) is 0 Å². The number of hydrogen-bond donors (Lipinski definition) is 2. The number of benzene rings is 3. The Morgan fingerprint density at radius 2 is 1.59 bits per heavy atom. The average Bonchev–Trinajstić information content (AvgIpc) is 3.62. The van der Waals surface area contributed by atoms with Gasteiger partial charge in [0.25, 0.3) is 10.0 Å². The normalized spacial score (nSPS) is 14.6. The molecule has 44 heavy (non-hydrogen) atoms. The van der Waals surface area contributed by atoms with E-state index in [4.69, 9.17) is 9.47 Å². The fourth-order valence-corrected chi connectivity index (χ4v) is 7.59. The Morgan fingerprint density at radius 3 is 2.20 bits per heavy atom. The number of aliphatic hydroxyl groups is 1. The van der Waals surface area contributed by atoms with Gasteiger partial charge in [-0.1, -0.05) is 42.5 Å². The summed E-state index contributed by atoms with van der Waals surface area (Å²) in [6.45, 7) is 4.12. The molecule has 0 bridgehead atoms. The summed E-state index contributed by atoms with van der Waals surface area (Å²) in [4.78, 5) is 12.8. The summed E-state index contributed by atoms with van der Waals surface area (Å²) in [5.41, 5.74) is 5.56. The first-order valence-corrected chi connectivity index (χ1v) is 16.3. The molecular weight excluding hydrogens is 576 g/mol. The van der Waals surface area contributed by atoms with E-state index in [2.05, 4.69) is 29.0 Å². The molecule has 232 valence electrons. The maximum absolute atomic E-state index is 12.8. The number of hydrogen-bond acceptors (Lipinski definition) is 6. The van der Waals surface area contributed by atoms with Crippen molar-refractivity contribution in [1.82, 2.24) is 9.29 Å². The van der Waals surface area contributed by atoms with E-state index in [1.54, 1.807) is 39.3 Å². The van der Waals surface area contributed by atoms with E-state index in [0.717, 1.165) is 30.4 Å². The zero-order valence-electron chi connectivity index (χ0n) is 25.6. The lowest BCUT2D eigenvalue weighted by Crippen LogP contribution is -2.32.